The molecule has 0 unspecified atom stereocenters. The van der Waals surface area contributed by atoms with E-state index in [9.17, 15) is 0 Å². The number of pyridine rings is 1. The first-order chi connectivity index (χ1) is 13.5. The van der Waals surface area contributed by atoms with Crippen molar-refractivity contribution in [2.45, 2.75) is 39.5 Å². The molecule has 1 aromatic carbocycles. The second kappa shape index (κ2) is 7.11. The van der Waals surface area contributed by atoms with Crippen molar-refractivity contribution in [3.05, 3.63) is 48.2 Å². The fourth-order valence-electron chi connectivity index (χ4n) is 3.37. The molecule has 28 heavy (non-hydrogen) atoms. The molecule has 0 radical (unpaired) electrons. The minimum atomic E-state index is 0.242. The summed E-state index contributed by atoms with van der Waals surface area (Å²) in [6.45, 7) is 8.48. The molecule has 0 saturated heterocycles. The molecule has 0 aliphatic heterocycles. The topological polar surface area (TPSA) is 73.7 Å². The molecule has 4 aromatic rings. The Hall–Kier alpha value is -3.15. The lowest BCUT2D eigenvalue weighted by Crippen LogP contribution is -2.02. The van der Waals surface area contributed by atoms with Crippen LogP contribution in [0.4, 0.5) is 0 Å². The van der Waals surface area contributed by atoms with Gasteiger partial charge in [0.2, 0.25) is 0 Å². The van der Waals surface area contributed by atoms with Crippen molar-refractivity contribution < 1.29 is 4.74 Å². The van der Waals surface area contributed by atoms with Gasteiger partial charge in [0, 0.05) is 17.0 Å². The Bertz CT molecular complexity index is 1170. The third-order valence-corrected chi connectivity index (χ3v) is 4.81. The molecule has 4 rings (SSSR count). The first-order valence-electron chi connectivity index (χ1n) is 9.44. The highest BCUT2D eigenvalue weighted by Gasteiger charge is 2.15. The number of ether oxygens (including phenoxy) is 1. The zero-order valence-corrected chi connectivity index (χ0v) is 16.8. The summed E-state index contributed by atoms with van der Waals surface area (Å²) in [6.07, 6.45) is 3.44. The van der Waals surface area contributed by atoms with Crippen LogP contribution in [0.2, 0.25) is 0 Å². The molecule has 3 aromatic heterocycles. The predicted molar refractivity (Wildman–Crippen MR) is 111 cm³/mol. The van der Waals surface area contributed by atoms with Crippen LogP contribution in [0.5, 0.6) is 5.75 Å². The monoisotopic (exact) mass is 373 g/mol. The lowest BCUT2D eigenvalue weighted by molar-refractivity contribution is 0.415. The highest BCUT2D eigenvalue weighted by atomic mass is 16.5. The summed E-state index contributed by atoms with van der Waals surface area (Å²) in [5, 5.41) is 1.97. The largest absolute Gasteiger partial charge is 0.497 e. The van der Waals surface area contributed by atoms with Gasteiger partial charge in [-0.25, -0.2) is 19.9 Å². The molecule has 0 aliphatic carbocycles. The smallest absolute Gasteiger partial charge is 0.179 e. The molecule has 0 spiro atoms. The van der Waals surface area contributed by atoms with E-state index < -0.39 is 0 Å². The summed E-state index contributed by atoms with van der Waals surface area (Å²) in [5.74, 6) is 1.95. The summed E-state index contributed by atoms with van der Waals surface area (Å²) in [7, 11) is 1.66. The number of hydrogen-bond donors (Lipinski definition) is 0. The molecule has 3 heterocycles. The first kappa shape index (κ1) is 18.2. The third-order valence-electron chi connectivity index (χ3n) is 4.81. The summed E-state index contributed by atoms with van der Waals surface area (Å²) in [5.41, 5.74) is 4.42. The van der Waals surface area contributed by atoms with Gasteiger partial charge in [-0.05, 0) is 36.1 Å². The van der Waals surface area contributed by atoms with Gasteiger partial charge in [0.25, 0.3) is 0 Å². The number of benzene rings is 1. The summed E-state index contributed by atoms with van der Waals surface area (Å²) >= 11 is 0. The van der Waals surface area contributed by atoms with Crippen molar-refractivity contribution in [1.82, 2.24) is 24.9 Å². The molecule has 142 valence electrons. The fraction of sp³-hybridized carbons (Fsp3) is 0.318. The molecule has 6 heteroatoms. The maximum absolute atomic E-state index is 5.37. The maximum atomic E-state index is 5.37. The van der Waals surface area contributed by atoms with E-state index in [2.05, 4.69) is 42.6 Å². The Morgan fingerprint density at radius 1 is 0.786 bits per heavy atom. The van der Waals surface area contributed by atoms with E-state index >= 15 is 0 Å². The van der Waals surface area contributed by atoms with E-state index in [0.717, 1.165) is 38.9 Å². The molecular weight excluding hydrogens is 350 g/mol. The Labute approximate surface area is 164 Å². The molecule has 0 bridgehead atoms. The number of fused-ring (bicyclic) bond motifs is 2. The van der Waals surface area contributed by atoms with Crippen molar-refractivity contribution in [3.8, 4) is 17.3 Å². The number of hydrogen-bond acceptors (Lipinski definition) is 6. The quantitative estimate of drug-likeness (QED) is 0.507. The van der Waals surface area contributed by atoms with E-state index in [-0.39, 0.29) is 5.92 Å². The van der Waals surface area contributed by atoms with E-state index in [1.807, 2.05) is 30.5 Å². The highest BCUT2D eigenvalue weighted by Crippen LogP contribution is 2.30. The molecule has 6 nitrogen and oxygen atoms in total. The molecule has 0 atom stereocenters. The molecule has 0 N–H and O–H groups in total. The number of nitrogens with zero attached hydrogens (tertiary/aromatic N) is 5. The highest BCUT2D eigenvalue weighted by molar-refractivity contribution is 5.86. The van der Waals surface area contributed by atoms with Crippen molar-refractivity contribution in [3.63, 3.8) is 0 Å². The first-order valence-corrected chi connectivity index (χ1v) is 9.44. The van der Waals surface area contributed by atoms with Crippen LogP contribution in [0.15, 0.2) is 36.8 Å². The van der Waals surface area contributed by atoms with Gasteiger partial charge < -0.3 is 4.74 Å². The van der Waals surface area contributed by atoms with Crippen molar-refractivity contribution in [2.75, 3.05) is 7.11 Å². The minimum absolute atomic E-state index is 0.242. The zero-order chi connectivity index (χ0) is 19.8. The molecular formula is C22H23N5O. The molecule has 0 fully saturated rings. The molecule has 0 amide bonds. The Balaban J connectivity index is 1.91. The van der Waals surface area contributed by atoms with Gasteiger partial charge in [-0.3, -0.25) is 4.98 Å². The fourth-order valence-corrected chi connectivity index (χ4v) is 3.37. The van der Waals surface area contributed by atoms with E-state index in [0.29, 0.717) is 17.4 Å². The van der Waals surface area contributed by atoms with Crippen LogP contribution in [-0.4, -0.2) is 32.0 Å². The van der Waals surface area contributed by atoms with Crippen molar-refractivity contribution in [2.24, 2.45) is 0 Å². The minimum Gasteiger partial charge on any atom is -0.497 e. The summed E-state index contributed by atoms with van der Waals surface area (Å²) in [4.78, 5) is 23.1. The van der Waals surface area contributed by atoms with Crippen LogP contribution >= 0.6 is 0 Å². The van der Waals surface area contributed by atoms with Crippen LogP contribution in [0, 0.1) is 0 Å². The number of methoxy groups -OCH3 is 1. The van der Waals surface area contributed by atoms with Crippen LogP contribution in [-0.2, 0) is 0 Å². The van der Waals surface area contributed by atoms with Crippen LogP contribution < -0.4 is 4.74 Å². The number of rotatable bonds is 4. The SMILES string of the molecule is COc1ccc2nc(-c3cc4ncnc(C(C)C)c4cn3)nc(C(C)C)c2c1. The zero-order valence-electron chi connectivity index (χ0n) is 16.8. The molecule has 0 saturated carbocycles. The predicted octanol–water partition coefficient (Wildman–Crippen LogP) is 4.89. The third kappa shape index (κ3) is 3.15. The van der Waals surface area contributed by atoms with Crippen LogP contribution in [0.3, 0.4) is 0 Å². The lowest BCUT2D eigenvalue weighted by atomic mass is 10.0. The van der Waals surface area contributed by atoms with Gasteiger partial charge in [-0.1, -0.05) is 27.7 Å². The summed E-state index contributed by atoms with van der Waals surface area (Å²) < 4.78 is 5.37. The average Bonchev–Trinajstić information content (AvgIpc) is 2.71. The van der Waals surface area contributed by atoms with Gasteiger partial charge >= 0.3 is 0 Å². The van der Waals surface area contributed by atoms with E-state index in [4.69, 9.17) is 14.7 Å². The van der Waals surface area contributed by atoms with Crippen molar-refractivity contribution in [1.29, 1.82) is 0 Å². The van der Waals surface area contributed by atoms with Crippen LogP contribution in [0.25, 0.3) is 33.3 Å². The molecule has 0 aliphatic rings. The van der Waals surface area contributed by atoms with Gasteiger partial charge in [0.1, 0.15) is 17.8 Å². The van der Waals surface area contributed by atoms with Crippen molar-refractivity contribution >= 4 is 21.8 Å². The Morgan fingerprint density at radius 2 is 1.57 bits per heavy atom. The van der Waals surface area contributed by atoms with E-state index in [1.165, 1.54) is 0 Å². The van der Waals surface area contributed by atoms with Gasteiger partial charge in [-0.15, -0.1) is 0 Å². The Kier molecular flexibility index (Phi) is 4.63. The second-order valence-electron chi connectivity index (χ2n) is 7.47. The lowest BCUT2D eigenvalue weighted by Gasteiger charge is -2.13. The maximum Gasteiger partial charge on any atom is 0.179 e. The van der Waals surface area contributed by atoms with Gasteiger partial charge in [-0.2, -0.15) is 0 Å². The number of aromatic nitrogens is 5. The second-order valence-corrected chi connectivity index (χ2v) is 7.47. The van der Waals surface area contributed by atoms with Crippen LogP contribution in [0.1, 0.15) is 50.9 Å². The van der Waals surface area contributed by atoms with Gasteiger partial charge in [0.15, 0.2) is 5.82 Å². The average molecular weight is 373 g/mol. The van der Waals surface area contributed by atoms with Gasteiger partial charge in [0.05, 0.1) is 29.5 Å². The van der Waals surface area contributed by atoms with E-state index in [1.54, 1.807) is 13.4 Å². The normalized spacial score (nSPS) is 11.7. The summed E-state index contributed by atoms with van der Waals surface area (Å²) in [6, 6.07) is 7.81. The standard InChI is InChI=1S/C22H23N5O/c1-12(2)20-16-10-23-19(9-18(16)24-11-25-20)22-26-17-7-6-14(28-5)8-15(17)21(27-22)13(3)4/h6-13H,1-5H3. The Morgan fingerprint density at radius 3 is 2.29 bits per heavy atom.